The molecular weight excluding hydrogens is 756 g/mol. The highest BCUT2D eigenvalue weighted by molar-refractivity contribution is 6.05. The fraction of sp³-hybridized carbons (Fsp3) is 0.488. The molecule has 4 saturated heterocycles. The number of hydrogen-bond donors (Lipinski definition) is 2. The van der Waals surface area contributed by atoms with Crippen molar-refractivity contribution in [3.05, 3.63) is 71.2 Å². The summed E-state index contributed by atoms with van der Waals surface area (Å²) in [5, 5.41) is 14.7. The zero-order chi connectivity index (χ0) is 41.4. The standard InChI is InChI=1S/C43H51FN10O5/c1-27-24-53(28(2)23-52(27)33-6-4-30(21-45)38(19-33)59-3)43(58)47-32-5-8-39(46-22-32)51-12-10-29(11-13-51)25-49-14-16-50(17-15-49)37-18-31-26-54(42(57)34(31)20-35(37)44)36-7-9-40(55)48-41(36)56/h4-6,8,18-20,22,27-29,36H,7,9-17,23-26H2,1-3H3,(H,47,58)(H,48,55,56)/t27-,28+,36?/m0/s1. The second kappa shape index (κ2) is 16.7. The number of pyridine rings is 1. The number of halogens is 1. The van der Waals surface area contributed by atoms with E-state index >= 15 is 4.39 Å². The summed E-state index contributed by atoms with van der Waals surface area (Å²) >= 11 is 0. The van der Waals surface area contributed by atoms with E-state index in [0.29, 0.717) is 60.3 Å². The number of nitriles is 1. The largest absolute Gasteiger partial charge is 0.495 e. The SMILES string of the molecule is COc1cc(N2C[C@@H](C)N(C(=O)Nc3ccc(N4CCC(CN5CCN(c6cc7c(cc6F)C(=O)N(C6CCC(=O)NC6=O)C7)CC5)CC4)nc3)C[C@@H]2C)ccc1C#N. The molecule has 59 heavy (non-hydrogen) atoms. The van der Waals surface area contributed by atoms with Crippen molar-refractivity contribution in [1.82, 2.24) is 25.0 Å². The maximum atomic E-state index is 15.4. The van der Waals surface area contributed by atoms with E-state index in [1.807, 2.05) is 41.0 Å². The zero-order valence-electron chi connectivity index (χ0n) is 33.8. The van der Waals surface area contributed by atoms with Crippen LogP contribution in [-0.2, 0) is 16.1 Å². The molecule has 8 rings (SSSR count). The minimum absolute atomic E-state index is 0.0485. The van der Waals surface area contributed by atoms with Crippen LogP contribution in [0.4, 0.5) is 32.1 Å². The molecule has 0 bridgehead atoms. The number of ether oxygens (including phenoxy) is 1. The third-order valence-electron chi connectivity index (χ3n) is 12.6. The molecule has 15 nitrogen and oxygen atoms in total. The number of nitrogens with one attached hydrogen (secondary N) is 2. The number of carbonyl (C=O) groups is 4. The number of urea groups is 1. The number of benzene rings is 2. The van der Waals surface area contributed by atoms with E-state index in [4.69, 9.17) is 9.72 Å². The first-order valence-corrected chi connectivity index (χ1v) is 20.6. The summed E-state index contributed by atoms with van der Waals surface area (Å²) in [6.45, 7) is 11.3. The second-order valence-electron chi connectivity index (χ2n) is 16.4. The molecule has 1 unspecified atom stereocenters. The summed E-state index contributed by atoms with van der Waals surface area (Å²) in [5.41, 5.74) is 3.57. The van der Waals surface area contributed by atoms with E-state index in [1.165, 1.54) is 11.0 Å². The van der Waals surface area contributed by atoms with Gasteiger partial charge in [0, 0.05) is 101 Å². The van der Waals surface area contributed by atoms with Crippen LogP contribution in [0.3, 0.4) is 0 Å². The Morgan fingerprint density at radius 3 is 2.42 bits per heavy atom. The van der Waals surface area contributed by atoms with Crippen LogP contribution in [0.5, 0.6) is 5.75 Å². The lowest BCUT2D eigenvalue weighted by Gasteiger charge is -2.45. The van der Waals surface area contributed by atoms with Gasteiger partial charge in [0.1, 0.15) is 29.5 Å². The molecule has 5 aliphatic heterocycles. The Labute approximate surface area is 343 Å². The van der Waals surface area contributed by atoms with Gasteiger partial charge in [-0.1, -0.05) is 0 Å². The predicted molar refractivity (Wildman–Crippen MR) is 220 cm³/mol. The van der Waals surface area contributed by atoms with Gasteiger partial charge in [-0.15, -0.1) is 0 Å². The first kappa shape index (κ1) is 39.9. The van der Waals surface area contributed by atoms with Crippen molar-refractivity contribution in [1.29, 1.82) is 5.26 Å². The topological polar surface area (TPSA) is 158 Å². The predicted octanol–water partition coefficient (Wildman–Crippen LogP) is 4.03. The van der Waals surface area contributed by atoms with Crippen molar-refractivity contribution in [2.45, 2.75) is 64.2 Å². The average molecular weight is 807 g/mol. The van der Waals surface area contributed by atoms with Gasteiger partial charge in [0.2, 0.25) is 11.8 Å². The molecule has 2 N–H and O–H groups in total. The summed E-state index contributed by atoms with van der Waals surface area (Å²) in [5.74, 6) is 0.345. The molecule has 16 heteroatoms. The van der Waals surface area contributed by atoms with Crippen LogP contribution in [0.25, 0.3) is 0 Å². The third-order valence-corrected chi connectivity index (χ3v) is 12.6. The second-order valence-corrected chi connectivity index (χ2v) is 16.4. The number of fused-ring (bicyclic) bond motifs is 1. The molecule has 5 aliphatic rings. The lowest BCUT2D eigenvalue weighted by Crippen LogP contribution is -2.59. The summed E-state index contributed by atoms with van der Waals surface area (Å²) in [6, 6.07) is 13.8. The van der Waals surface area contributed by atoms with Crippen LogP contribution in [0.1, 0.15) is 61.0 Å². The smallest absolute Gasteiger partial charge is 0.322 e. The van der Waals surface area contributed by atoms with E-state index in [0.717, 1.165) is 57.1 Å². The quantitative estimate of drug-likeness (QED) is 0.317. The number of aromatic nitrogens is 1. The van der Waals surface area contributed by atoms with Crippen molar-refractivity contribution in [3.8, 4) is 11.8 Å². The van der Waals surface area contributed by atoms with E-state index in [9.17, 15) is 24.4 Å². The van der Waals surface area contributed by atoms with Gasteiger partial charge in [-0.2, -0.15) is 5.26 Å². The summed E-state index contributed by atoms with van der Waals surface area (Å²) in [6.07, 6.45) is 4.24. The van der Waals surface area contributed by atoms with Crippen molar-refractivity contribution in [3.63, 3.8) is 0 Å². The Hall–Kier alpha value is -5.95. The van der Waals surface area contributed by atoms with Gasteiger partial charge in [0.15, 0.2) is 0 Å². The molecule has 2 aromatic carbocycles. The van der Waals surface area contributed by atoms with E-state index in [1.54, 1.807) is 25.4 Å². The van der Waals surface area contributed by atoms with Gasteiger partial charge in [0.25, 0.3) is 5.91 Å². The van der Waals surface area contributed by atoms with Gasteiger partial charge in [-0.3, -0.25) is 24.6 Å². The van der Waals surface area contributed by atoms with Crippen LogP contribution < -0.4 is 30.1 Å². The fourth-order valence-electron chi connectivity index (χ4n) is 9.26. The van der Waals surface area contributed by atoms with E-state index in [2.05, 4.69) is 38.3 Å². The molecule has 4 fully saturated rings. The summed E-state index contributed by atoms with van der Waals surface area (Å²) in [7, 11) is 1.56. The minimum atomic E-state index is -0.729. The molecule has 6 heterocycles. The van der Waals surface area contributed by atoms with Crippen molar-refractivity contribution < 1.29 is 28.3 Å². The number of hydrogen-bond acceptors (Lipinski definition) is 11. The molecule has 1 aromatic heterocycles. The lowest BCUT2D eigenvalue weighted by molar-refractivity contribution is -0.136. The molecule has 310 valence electrons. The van der Waals surface area contributed by atoms with Crippen LogP contribution in [-0.4, -0.2) is 128 Å². The highest BCUT2D eigenvalue weighted by Gasteiger charge is 2.40. The number of methoxy groups -OCH3 is 1. The highest BCUT2D eigenvalue weighted by Crippen LogP contribution is 2.34. The van der Waals surface area contributed by atoms with Gasteiger partial charge in [0.05, 0.1) is 30.2 Å². The minimum Gasteiger partial charge on any atom is -0.495 e. The first-order valence-electron chi connectivity index (χ1n) is 20.6. The van der Waals surface area contributed by atoms with Crippen LogP contribution in [0, 0.1) is 23.1 Å². The number of imide groups is 1. The highest BCUT2D eigenvalue weighted by atomic mass is 19.1. The molecule has 0 spiro atoms. The maximum Gasteiger partial charge on any atom is 0.322 e. The normalized spacial score (nSPS) is 22.9. The Morgan fingerprint density at radius 2 is 1.73 bits per heavy atom. The number of amides is 5. The Kier molecular flexibility index (Phi) is 11.3. The van der Waals surface area contributed by atoms with Crippen LogP contribution >= 0.6 is 0 Å². The van der Waals surface area contributed by atoms with Gasteiger partial charge in [-0.25, -0.2) is 14.2 Å². The third kappa shape index (κ3) is 8.21. The fourth-order valence-corrected chi connectivity index (χ4v) is 9.26. The monoisotopic (exact) mass is 806 g/mol. The van der Waals surface area contributed by atoms with Crippen molar-refractivity contribution in [2.24, 2.45) is 5.92 Å². The molecule has 0 radical (unpaired) electrons. The number of nitrogens with zero attached hydrogens (tertiary/aromatic N) is 8. The van der Waals surface area contributed by atoms with E-state index < -0.39 is 17.8 Å². The van der Waals surface area contributed by atoms with Gasteiger partial charge < -0.3 is 34.6 Å². The first-order chi connectivity index (χ1) is 28.5. The molecule has 5 amide bonds. The number of rotatable bonds is 8. The average Bonchev–Trinajstić information content (AvgIpc) is 3.55. The molecule has 0 saturated carbocycles. The van der Waals surface area contributed by atoms with Crippen LogP contribution in [0.2, 0.25) is 0 Å². The number of anilines is 4. The number of piperazine rings is 2. The zero-order valence-corrected chi connectivity index (χ0v) is 33.8. The molecule has 3 atom stereocenters. The Bertz CT molecular complexity index is 2150. The van der Waals surface area contributed by atoms with Crippen LogP contribution in [0.15, 0.2) is 48.7 Å². The molecular formula is C43H51FN10O5. The Morgan fingerprint density at radius 1 is 0.949 bits per heavy atom. The Balaban J connectivity index is 0.779. The van der Waals surface area contributed by atoms with E-state index in [-0.39, 0.29) is 54.9 Å². The summed E-state index contributed by atoms with van der Waals surface area (Å²) in [4.78, 5) is 67.7. The van der Waals surface area contributed by atoms with Gasteiger partial charge >= 0.3 is 6.03 Å². The maximum absolute atomic E-state index is 15.4. The molecule has 3 aromatic rings. The lowest BCUT2D eigenvalue weighted by atomic mass is 9.96. The number of carbonyl (C=O) groups excluding carboxylic acids is 4. The molecule has 0 aliphatic carbocycles. The number of piperidine rings is 2. The summed E-state index contributed by atoms with van der Waals surface area (Å²) < 4.78 is 20.9. The van der Waals surface area contributed by atoms with Crippen molar-refractivity contribution in [2.75, 3.05) is 86.0 Å². The van der Waals surface area contributed by atoms with Gasteiger partial charge in [-0.05, 0) is 81.0 Å². The van der Waals surface area contributed by atoms with Crippen molar-refractivity contribution >= 4 is 46.6 Å².